The van der Waals surface area contributed by atoms with Gasteiger partial charge in [-0.3, -0.25) is 4.79 Å². The smallest absolute Gasteiger partial charge is 0.250 e. The third-order valence-electron chi connectivity index (χ3n) is 2.22. The van der Waals surface area contributed by atoms with E-state index >= 15 is 0 Å². The van der Waals surface area contributed by atoms with Crippen LogP contribution in [-0.2, 0) is 6.54 Å². The van der Waals surface area contributed by atoms with E-state index in [-0.39, 0.29) is 11.4 Å². The lowest BCUT2D eigenvalue weighted by Crippen LogP contribution is -2.18. The van der Waals surface area contributed by atoms with Crippen LogP contribution in [0, 0.1) is 5.82 Å². The molecule has 88 valence electrons. The van der Waals surface area contributed by atoms with Gasteiger partial charge in [-0.1, -0.05) is 15.9 Å². The number of pyridine rings is 1. The van der Waals surface area contributed by atoms with Gasteiger partial charge in [-0.15, -0.1) is 0 Å². The quantitative estimate of drug-likeness (QED) is 0.802. The molecule has 0 saturated carbocycles. The third kappa shape index (κ3) is 3.26. The van der Waals surface area contributed by atoms with Crippen molar-refractivity contribution in [1.82, 2.24) is 4.57 Å². The maximum absolute atomic E-state index is 13.2. The highest BCUT2D eigenvalue weighted by atomic mass is 79.9. The summed E-state index contributed by atoms with van der Waals surface area (Å²) in [5.74, 6) is -0.322. The van der Waals surface area contributed by atoms with Crippen LogP contribution in [0.25, 0.3) is 0 Å². The van der Waals surface area contributed by atoms with Crippen molar-refractivity contribution in [3.63, 3.8) is 0 Å². The largest absolute Gasteiger partial charge is 0.310 e. The molecule has 0 N–H and O–H groups in total. The van der Waals surface area contributed by atoms with Crippen LogP contribution in [0.15, 0.2) is 50.3 Å². The third-order valence-corrected chi connectivity index (χ3v) is 3.15. The molecule has 1 aromatic carbocycles. The van der Waals surface area contributed by atoms with Crippen LogP contribution in [0.1, 0.15) is 5.56 Å². The summed E-state index contributed by atoms with van der Waals surface area (Å²) in [4.78, 5) is 11.6. The molecule has 0 aliphatic carbocycles. The molecule has 2 aromatic rings. The monoisotopic (exact) mass is 359 g/mol. The van der Waals surface area contributed by atoms with Crippen LogP contribution < -0.4 is 5.56 Å². The van der Waals surface area contributed by atoms with Crippen molar-refractivity contribution in [2.45, 2.75) is 6.54 Å². The van der Waals surface area contributed by atoms with Crippen LogP contribution in [0.5, 0.6) is 0 Å². The molecule has 1 aromatic heterocycles. The van der Waals surface area contributed by atoms with Gasteiger partial charge in [-0.25, -0.2) is 4.39 Å². The van der Waals surface area contributed by atoms with E-state index in [1.165, 1.54) is 22.8 Å². The lowest BCUT2D eigenvalue weighted by molar-refractivity contribution is 0.621. The highest BCUT2D eigenvalue weighted by Gasteiger charge is 2.02. The van der Waals surface area contributed by atoms with Crippen LogP contribution in [0.4, 0.5) is 4.39 Å². The molecular formula is C12H8Br2FNO. The molecule has 0 spiro atoms. The molecule has 0 bridgehead atoms. The zero-order valence-corrected chi connectivity index (χ0v) is 11.8. The molecule has 2 rings (SSSR count). The zero-order chi connectivity index (χ0) is 12.4. The van der Waals surface area contributed by atoms with Gasteiger partial charge >= 0.3 is 0 Å². The fraction of sp³-hybridized carbons (Fsp3) is 0.0833. The number of benzene rings is 1. The normalized spacial score (nSPS) is 10.5. The van der Waals surface area contributed by atoms with Crippen molar-refractivity contribution in [3.05, 3.63) is 67.2 Å². The van der Waals surface area contributed by atoms with Crippen molar-refractivity contribution in [2.24, 2.45) is 0 Å². The first kappa shape index (κ1) is 12.5. The summed E-state index contributed by atoms with van der Waals surface area (Å²) in [7, 11) is 0. The standard InChI is InChI=1S/C12H8Br2FNO/c13-9-1-2-12(17)16(7-9)6-8-3-10(14)5-11(15)4-8/h1-5,7H,6H2. The number of rotatable bonds is 2. The zero-order valence-electron chi connectivity index (χ0n) is 8.66. The van der Waals surface area contributed by atoms with E-state index in [0.29, 0.717) is 11.0 Å². The number of nitrogens with zero attached hydrogens (tertiary/aromatic N) is 1. The molecular weight excluding hydrogens is 353 g/mol. The summed E-state index contributed by atoms with van der Waals surface area (Å²) >= 11 is 6.52. The van der Waals surface area contributed by atoms with Crippen molar-refractivity contribution >= 4 is 31.9 Å². The molecule has 0 unspecified atom stereocenters. The molecule has 0 saturated heterocycles. The summed E-state index contributed by atoms with van der Waals surface area (Å²) in [6.45, 7) is 0.342. The van der Waals surface area contributed by atoms with Crippen LogP contribution in [0.3, 0.4) is 0 Å². The fourth-order valence-electron chi connectivity index (χ4n) is 1.52. The van der Waals surface area contributed by atoms with Gasteiger partial charge in [0.05, 0.1) is 6.54 Å². The molecule has 5 heteroatoms. The van der Waals surface area contributed by atoms with E-state index in [4.69, 9.17) is 0 Å². The molecule has 17 heavy (non-hydrogen) atoms. The summed E-state index contributed by atoms with van der Waals surface area (Å²) in [5.41, 5.74) is 0.616. The van der Waals surface area contributed by atoms with Gasteiger partial charge < -0.3 is 4.57 Å². The second-order valence-electron chi connectivity index (χ2n) is 3.59. The predicted octanol–water partition coefficient (Wildman–Crippen LogP) is 3.56. The van der Waals surface area contributed by atoms with E-state index in [1.807, 2.05) is 0 Å². The topological polar surface area (TPSA) is 22.0 Å². The first-order valence-corrected chi connectivity index (χ1v) is 6.44. The lowest BCUT2D eigenvalue weighted by Gasteiger charge is -2.06. The Kier molecular flexibility index (Phi) is 3.79. The summed E-state index contributed by atoms with van der Waals surface area (Å²) in [5, 5.41) is 0. The molecule has 0 aliphatic rings. The Balaban J connectivity index is 2.37. The molecule has 2 nitrogen and oxygen atoms in total. The first-order valence-electron chi connectivity index (χ1n) is 4.85. The average Bonchev–Trinajstić information content (AvgIpc) is 2.22. The van der Waals surface area contributed by atoms with Gasteiger partial charge in [0.2, 0.25) is 0 Å². The van der Waals surface area contributed by atoms with E-state index in [2.05, 4.69) is 31.9 Å². The average molecular weight is 361 g/mol. The van der Waals surface area contributed by atoms with Crippen LogP contribution >= 0.6 is 31.9 Å². The van der Waals surface area contributed by atoms with Gasteiger partial charge in [0, 0.05) is 21.2 Å². The first-order chi connectivity index (χ1) is 8.04. The summed E-state index contributed by atoms with van der Waals surface area (Å²) in [6.07, 6.45) is 1.68. The Bertz CT molecular complexity index is 589. The Hall–Kier alpha value is -0.940. The van der Waals surface area contributed by atoms with E-state index in [9.17, 15) is 9.18 Å². The number of halogens is 3. The molecule has 0 atom stereocenters. The molecule has 0 radical (unpaired) electrons. The van der Waals surface area contributed by atoms with Crippen LogP contribution in [-0.4, -0.2) is 4.57 Å². The maximum Gasteiger partial charge on any atom is 0.250 e. The summed E-state index contributed by atoms with van der Waals surface area (Å²) in [6, 6.07) is 7.74. The minimum Gasteiger partial charge on any atom is -0.310 e. The lowest BCUT2D eigenvalue weighted by atomic mass is 10.2. The molecule has 0 fully saturated rings. The number of hydrogen-bond acceptors (Lipinski definition) is 1. The van der Waals surface area contributed by atoms with E-state index in [1.54, 1.807) is 18.3 Å². The number of hydrogen-bond donors (Lipinski definition) is 0. The highest BCUT2D eigenvalue weighted by molar-refractivity contribution is 9.10. The molecule has 0 amide bonds. The van der Waals surface area contributed by atoms with Crippen molar-refractivity contribution < 1.29 is 4.39 Å². The maximum atomic E-state index is 13.2. The van der Waals surface area contributed by atoms with Crippen LogP contribution in [0.2, 0.25) is 0 Å². The minimum absolute atomic E-state index is 0.117. The van der Waals surface area contributed by atoms with E-state index < -0.39 is 0 Å². The Morgan fingerprint density at radius 1 is 1.12 bits per heavy atom. The predicted molar refractivity (Wildman–Crippen MR) is 71.6 cm³/mol. The Morgan fingerprint density at radius 2 is 1.88 bits per heavy atom. The summed E-state index contributed by atoms with van der Waals surface area (Å²) < 4.78 is 16.2. The van der Waals surface area contributed by atoms with Gasteiger partial charge in [0.15, 0.2) is 0 Å². The van der Waals surface area contributed by atoms with Gasteiger partial charge in [-0.2, -0.15) is 0 Å². The Morgan fingerprint density at radius 3 is 2.59 bits per heavy atom. The molecule has 0 aliphatic heterocycles. The molecule has 1 heterocycles. The fourth-order valence-corrected chi connectivity index (χ4v) is 2.42. The van der Waals surface area contributed by atoms with Crippen molar-refractivity contribution in [2.75, 3.05) is 0 Å². The van der Waals surface area contributed by atoms with Gasteiger partial charge in [0.25, 0.3) is 5.56 Å². The van der Waals surface area contributed by atoms with E-state index in [0.717, 1.165) is 10.0 Å². The minimum atomic E-state index is -0.322. The van der Waals surface area contributed by atoms with Crippen molar-refractivity contribution in [3.8, 4) is 0 Å². The second-order valence-corrected chi connectivity index (χ2v) is 5.42. The van der Waals surface area contributed by atoms with Gasteiger partial charge in [0.1, 0.15) is 5.82 Å². The second kappa shape index (κ2) is 5.14. The highest BCUT2D eigenvalue weighted by Crippen LogP contribution is 2.16. The Labute approximate surface area is 114 Å². The SMILES string of the molecule is O=c1ccc(Br)cn1Cc1cc(F)cc(Br)c1. The van der Waals surface area contributed by atoms with Gasteiger partial charge in [-0.05, 0) is 45.8 Å². The van der Waals surface area contributed by atoms with Crippen molar-refractivity contribution in [1.29, 1.82) is 0 Å². The number of aromatic nitrogens is 1.